The summed E-state index contributed by atoms with van der Waals surface area (Å²) in [6.07, 6.45) is -0.567. The zero-order valence-corrected chi connectivity index (χ0v) is 10.4. The maximum Gasteiger partial charge on any atom is 0.307 e. The lowest BCUT2D eigenvalue weighted by molar-refractivity contribution is -0.136. The molecule has 102 valence electrons. The predicted octanol–water partition coefficient (Wildman–Crippen LogP) is 0.241. The van der Waals surface area contributed by atoms with Crippen molar-refractivity contribution in [3.05, 3.63) is 29.8 Å². The molecule has 1 aromatic rings. The van der Waals surface area contributed by atoms with Gasteiger partial charge in [0.05, 0.1) is 13.0 Å². The SMILES string of the molecule is O=C(O)Cc1cccc(NC(=O)C2CNCCO2)c1. The third-order valence-electron chi connectivity index (χ3n) is 2.77. The number of carbonyl (C=O) groups excluding carboxylic acids is 1. The van der Waals surface area contributed by atoms with Crippen LogP contribution in [0.3, 0.4) is 0 Å². The molecule has 1 aliphatic heterocycles. The van der Waals surface area contributed by atoms with E-state index in [1.807, 2.05) is 0 Å². The number of morpholine rings is 1. The van der Waals surface area contributed by atoms with Crippen LogP contribution in [0.1, 0.15) is 5.56 Å². The fourth-order valence-corrected chi connectivity index (χ4v) is 1.89. The van der Waals surface area contributed by atoms with E-state index in [-0.39, 0.29) is 12.3 Å². The van der Waals surface area contributed by atoms with Crippen molar-refractivity contribution in [2.45, 2.75) is 12.5 Å². The summed E-state index contributed by atoms with van der Waals surface area (Å²) in [5, 5.41) is 14.5. The molecule has 0 spiro atoms. The first kappa shape index (κ1) is 13.5. The maximum absolute atomic E-state index is 11.9. The summed E-state index contributed by atoms with van der Waals surface area (Å²) in [4.78, 5) is 22.5. The summed E-state index contributed by atoms with van der Waals surface area (Å²) in [7, 11) is 0. The van der Waals surface area contributed by atoms with Crippen molar-refractivity contribution in [1.29, 1.82) is 0 Å². The van der Waals surface area contributed by atoms with Crippen molar-refractivity contribution >= 4 is 17.6 Å². The number of hydrogen-bond donors (Lipinski definition) is 3. The molecule has 1 heterocycles. The minimum atomic E-state index is -0.900. The maximum atomic E-state index is 11.9. The number of hydrogen-bond acceptors (Lipinski definition) is 4. The Bertz CT molecular complexity index is 469. The molecule has 0 bridgehead atoms. The Kier molecular flexibility index (Phi) is 4.48. The van der Waals surface area contributed by atoms with Crippen molar-refractivity contribution in [3.63, 3.8) is 0 Å². The molecule has 1 amide bonds. The molecule has 1 fully saturated rings. The predicted molar refractivity (Wildman–Crippen MR) is 69.0 cm³/mol. The highest BCUT2D eigenvalue weighted by atomic mass is 16.5. The summed E-state index contributed by atoms with van der Waals surface area (Å²) < 4.78 is 5.34. The fraction of sp³-hybridized carbons (Fsp3) is 0.385. The van der Waals surface area contributed by atoms with E-state index in [0.29, 0.717) is 24.4 Å². The minimum Gasteiger partial charge on any atom is -0.481 e. The van der Waals surface area contributed by atoms with Gasteiger partial charge in [0.2, 0.25) is 0 Å². The van der Waals surface area contributed by atoms with Gasteiger partial charge in [0.25, 0.3) is 5.91 Å². The topological polar surface area (TPSA) is 87.7 Å². The van der Waals surface area contributed by atoms with E-state index in [1.54, 1.807) is 24.3 Å². The molecule has 19 heavy (non-hydrogen) atoms. The van der Waals surface area contributed by atoms with Gasteiger partial charge in [-0.25, -0.2) is 0 Å². The molecule has 3 N–H and O–H groups in total. The molecule has 0 aliphatic carbocycles. The minimum absolute atomic E-state index is 0.0643. The average molecular weight is 264 g/mol. The van der Waals surface area contributed by atoms with Crippen molar-refractivity contribution < 1.29 is 19.4 Å². The second-order valence-electron chi connectivity index (χ2n) is 4.32. The van der Waals surface area contributed by atoms with Crippen LogP contribution in [0, 0.1) is 0 Å². The molecule has 0 radical (unpaired) electrons. The van der Waals surface area contributed by atoms with Crippen LogP contribution < -0.4 is 10.6 Å². The van der Waals surface area contributed by atoms with Gasteiger partial charge in [-0.15, -0.1) is 0 Å². The Hall–Kier alpha value is -1.92. The number of benzene rings is 1. The lowest BCUT2D eigenvalue weighted by atomic mass is 10.1. The van der Waals surface area contributed by atoms with Gasteiger partial charge >= 0.3 is 5.97 Å². The number of carbonyl (C=O) groups is 2. The molecule has 6 nitrogen and oxygen atoms in total. The molecule has 1 atom stereocenters. The van der Waals surface area contributed by atoms with Crippen LogP contribution in [-0.4, -0.2) is 42.8 Å². The summed E-state index contributed by atoms with van der Waals surface area (Å²) >= 11 is 0. The van der Waals surface area contributed by atoms with Gasteiger partial charge in [-0.05, 0) is 17.7 Å². The number of rotatable bonds is 4. The van der Waals surface area contributed by atoms with Crippen LogP contribution in [0.25, 0.3) is 0 Å². The van der Waals surface area contributed by atoms with Gasteiger partial charge < -0.3 is 20.5 Å². The van der Waals surface area contributed by atoms with E-state index >= 15 is 0 Å². The van der Waals surface area contributed by atoms with Crippen LogP contribution in [0.2, 0.25) is 0 Å². The Morgan fingerprint density at radius 3 is 3.00 bits per heavy atom. The lowest BCUT2D eigenvalue weighted by Gasteiger charge is -2.22. The molecule has 0 saturated carbocycles. The highest BCUT2D eigenvalue weighted by Crippen LogP contribution is 2.12. The normalized spacial score (nSPS) is 18.8. The Balaban J connectivity index is 1.97. The van der Waals surface area contributed by atoms with E-state index in [9.17, 15) is 9.59 Å². The summed E-state index contributed by atoms with van der Waals surface area (Å²) in [5.41, 5.74) is 1.23. The second kappa shape index (κ2) is 6.31. The third-order valence-corrected chi connectivity index (χ3v) is 2.77. The first-order chi connectivity index (χ1) is 9.15. The summed E-state index contributed by atoms with van der Waals surface area (Å²) in [6, 6.07) is 6.80. The van der Waals surface area contributed by atoms with E-state index < -0.39 is 12.1 Å². The highest BCUT2D eigenvalue weighted by molar-refractivity contribution is 5.94. The van der Waals surface area contributed by atoms with Crippen molar-refractivity contribution in [2.24, 2.45) is 0 Å². The number of amides is 1. The number of nitrogens with one attached hydrogen (secondary N) is 2. The molecule has 1 aliphatic rings. The van der Waals surface area contributed by atoms with Gasteiger partial charge in [-0.1, -0.05) is 12.1 Å². The largest absolute Gasteiger partial charge is 0.481 e. The Labute approximate surface area is 110 Å². The zero-order chi connectivity index (χ0) is 13.7. The zero-order valence-electron chi connectivity index (χ0n) is 10.4. The number of anilines is 1. The first-order valence-electron chi connectivity index (χ1n) is 6.09. The number of ether oxygens (including phenoxy) is 1. The number of carboxylic acids is 1. The molecule has 1 saturated heterocycles. The van der Waals surface area contributed by atoms with Crippen molar-refractivity contribution in [1.82, 2.24) is 5.32 Å². The molecule has 6 heteroatoms. The molecule has 1 unspecified atom stereocenters. The lowest BCUT2D eigenvalue weighted by Crippen LogP contribution is -2.45. The Morgan fingerprint density at radius 1 is 1.47 bits per heavy atom. The average Bonchev–Trinajstić information content (AvgIpc) is 2.39. The van der Waals surface area contributed by atoms with Crippen LogP contribution in [-0.2, 0) is 20.7 Å². The van der Waals surface area contributed by atoms with Crippen LogP contribution in [0.15, 0.2) is 24.3 Å². The molecule has 2 rings (SSSR count). The van der Waals surface area contributed by atoms with Gasteiger partial charge in [0.15, 0.2) is 0 Å². The van der Waals surface area contributed by atoms with E-state index in [1.165, 1.54) is 0 Å². The third kappa shape index (κ3) is 4.04. The summed E-state index contributed by atoms with van der Waals surface area (Å²) in [5.74, 6) is -1.12. The second-order valence-corrected chi connectivity index (χ2v) is 4.32. The van der Waals surface area contributed by atoms with Crippen molar-refractivity contribution in [2.75, 3.05) is 25.0 Å². The fourth-order valence-electron chi connectivity index (χ4n) is 1.89. The molecular formula is C13H16N2O4. The standard InChI is InChI=1S/C13H16N2O4/c16-12(17)7-9-2-1-3-10(6-9)15-13(18)11-8-14-4-5-19-11/h1-3,6,11,14H,4-5,7-8H2,(H,15,18)(H,16,17). The van der Waals surface area contributed by atoms with Gasteiger partial charge in [-0.3, -0.25) is 9.59 Å². The summed E-state index contributed by atoms with van der Waals surface area (Å²) in [6.45, 7) is 1.75. The number of carboxylic acid groups (broad SMARTS) is 1. The van der Waals surface area contributed by atoms with Gasteiger partial charge in [-0.2, -0.15) is 0 Å². The quantitative estimate of drug-likeness (QED) is 0.725. The Morgan fingerprint density at radius 2 is 2.32 bits per heavy atom. The highest BCUT2D eigenvalue weighted by Gasteiger charge is 2.21. The molecule has 1 aromatic carbocycles. The molecular weight excluding hydrogens is 248 g/mol. The van der Waals surface area contributed by atoms with Crippen molar-refractivity contribution in [3.8, 4) is 0 Å². The van der Waals surface area contributed by atoms with E-state index in [0.717, 1.165) is 6.54 Å². The van der Waals surface area contributed by atoms with Crippen LogP contribution >= 0.6 is 0 Å². The van der Waals surface area contributed by atoms with Gasteiger partial charge in [0, 0.05) is 18.8 Å². The van der Waals surface area contributed by atoms with Gasteiger partial charge in [0.1, 0.15) is 6.10 Å². The number of aliphatic carboxylic acids is 1. The monoisotopic (exact) mass is 264 g/mol. The molecule has 0 aromatic heterocycles. The van der Waals surface area contributed by atoms with E-state index in [4.69, 9.17) is 9.84 Å². The van der Waals surface area contributed by atoms with Crippen LogP contribution in [0.4, 0.5) is 5.69 Å². The first-order valence-corrected chi connectivity index (χ1v) is 6.09. The van der Waals surface area contributed by atoms with Crippen LogP contribution in [0.5, 0.6) is 0 Å². The smallest absolute Gasteiger partial charge is 0.307 e. The van der Waals surface area contributed by atoms with E-state index in [2.05, 4.69) is 10.6 Å².